The number of benzene rings is 1. The van der Waals surface area contributed by atoms with E-state index in [-0.39, 0.29) is 0 Å². The van der Waals surface area contributed by atoms with Crippen LogP contribution in [0.2, 0.25) is 0 Å². The van der Waals surface area contributed by atoms with Crippen molar-refractivity contribution in [1.82, 2.24) is 4.98 Å². The van der Waals surface area contributed by atoms with Crippen LogP contribution in [0.5, 0.6) is 0 Å². The molecule has 1 aliphatic rings. The van der Waals surface area contributed by atoms with Crippen LogP contribution in [0.1, 0.15) is 32.1 Å². The Balaban J connectivity index is 1.87. The number of nitrogens with two attached hydrogens (primary N) is 1. The van der Waals surface area contributed by atoms with Gasteiger partial charge in [-0.25, -0.2) is 0 Å². The molecule has 1 aromatic carbocycles. The summed E-state index contributed by atoms with van der Waals surface area (Å²) < 4.78 is 5.82. The highest BCUT2D eigenvalue weighted by molar-refractivity contribution is 5.78. The maximum absolute atomic E-state index is 5.82. The molecule has 2 heterocycles. The molecule has 0 radical (unpaired) electrons. The van der Waals surface area contributed by atoms with Crippen molar-refractivity contribution in [2.75, 3.05) is 23.7 Å². The number of hydrogen-bond donors (Lipinski definition) is 1. The van der Waals surface area contributed by atoms with Crippen LogP contribution in [0, 0.1) is 0 Å². The van der Waals surface area contributed by atoms with Gasteiger partial charge in [-0.3, -0.25) is 0 Å². The molecule has 0 spiro atoms. The van der Waals surface area contributed by atoms with Gasteiger partial charge in [-0.15, -0.1) is 0 Å². The minimum absolute atomic E-state index is 0.731. The van der Waals surface area contributed by atoms with Crippen LogP contribution in [0.3, 0.4) is 0 Å². The molecule has 0 bridgehead atoms. The van der Waals surface area contributed by atoms with Gasteiger partial charge in [0.2, 0.25) is 0 Å². The number of oxazole rings is 1. The number of nitrogen functional groups attached to an aromatic ring is 1. The molecule has 96 valence electrons. The Kier molecular flexibility index (Phi) is 3.09. The Bertz CT molecular complexity index is 527. The van der Waals surface area contributed by atoms with Crippen LogP contribution in [0.4, 0.5) is 11.7 Å². The number of hydrogen-bond acceptors (Lipinski definition) is 4. The third-order valence-electron chi connectivity index (χ3n) is 3.53. The van der Waals surface area contributed by atoms with E-state index >= 15 is 0 Å². The highest BCUT2D eigenvalue weighted by Crippen LogP contribution is 2.25. The van der Waals surface area contributed by atoms with E-state index < -0.39 is 0 Å². The van der Waals surface area contributed by atoms with Crippen molar-refractivity contribution >= 4 is 22.8 Å². The fraction of sp³-hybridized carbons (Fsp3) is 0.500. The summed E-state index contributed by atoms with van der Waals surface area (Å²) in [5, 5.41) is 0. The molecule has 0 saturated carbocycles. The molecule has 0 aliphatic carbocycles. The summed E-state index contributed by atoms with van der Waals surface area (Å²) >= 11 is 0. The largest absolute Gasteiger partial charge is 0.423 e. The lowest BCUT2D eigenvalue weighted by Crippen LogP contribution is -2.27. The summed E-state index contributed by atoms with van der Waals surface area (Å²) in [4.78, 5) is 6.81. The maximum atomic E-state index is 5.82. The highest BCUT2D eigenvalue weighted by Gasteiger charge is 2.15. The molecule has 4 nitrogen and oxygen atoms in total. The molecular formula is C14H19N3O. The van der Waals surface area contributed by atoms with Crippen LogP contribution < -0.4 is 10.6 Å². The third-order valence-corrected chi connectivity index (χ3v) is 3.53. The SMILES string of the molecule is Nc1ccc2oc(N3CCCCCCC3)nc2c1. The van der Waals surface area contributed by atoms with Crippen LogP contribution >= 0.6 is 0 Å². The quantitative estimate of drug-likeness (QED) is 0.784. The van der Waals surface area contributed by atoms with Gasteiger partial charge in [0.1, 0.15) is 5.52 Å². The maximum Gasteiger partial charge on any atom is 0.298 e. The number of anilines is 2. The molecule has 1 saturated heterocycles. The zero-order chi connectivity index (χ0) is 12.4. The van der Waals surface area contributed by atoms with Gasteiger partial charge < -0.3 is 15.1 Å². The van der Waals surface area contributed by atoms with Gasteiger partial charge in [-0.2, -0.15) is 4.98 Å². The van der Waals surface area contributed by atoms with Crippen LogP contribution in [-0.2, 0) is 0 Å². The summed E-state index contributed by atoms with van der Waals surface area (Å²) in [6.45, 7) is 2.09. The predicted octanol–water partition coefficient (Wildman–Crippen LogP) is 3.18. The Morgan fingerprint density at radius 3 is 2.56 bits per heavy atom. The monoisotopic (exact) mass is 245 g/mol. The van der Waals surface area contributed by atoms with Gasteiger partial charge in [0.05, 0.1) is 0 Å². The number of aromatic nitrogens is 1. The average molecular weight is 245 g/mol. The van der Waals surface area contributed by atoms with Gasteiger partial charge >= 0.3 is 0 Å². The lowest BCUT2D eigenvalue weighted by Gasteiger charge is -2.22. The van der Waals surface area contributed by atoms with Crippen molar-refractivity contribution in [2.24, 2.45) is 0 Å². The molecular weight excluding hydrogens is 226 g/mol. The normalized spacial score (nSPS) is 17.7. The van der Waals surface area contributed by atoms with Crippen LogP contribution in [-0.4, -0.2) is 18.1 Å². The van der Waals surface area contributed by atoms with Crippen molar-refractivity contribution < 1.29 is 4.42 Å². The Hall–Kier alpha value is -1.71. The van der Waals surface area contributed by atoms with Crippen molar-refractivity contribution in [3.8, 4) is 0 Å². The zero-order valence-electron chi connectivity index (χ0n) is 10.6. The van der Waals surface area contributed by atoms with E-state index in [2.05, 4.69) is 9.88 Å². The first kappa shape index (κ1) is 11.4. The fourth-order valence-corrected chi connectivity index (χ4v) is 2.51. The molecule has 18 heavy (non-hydrogen) atoms. The van der Waals surface area contributed by atoms with Gasteiger partial charge in [-0.1, -0.05) is 19.3 Å². The lowest BCUT2D eigenvalue weighted by molar-refractivity contribution is 0.508. The van der Waals surface area contributed by atoms with E-state index in [1.165, 1.54) is 32.1 Å². The summed E-state index contributed by atoms with van der Waals surface area (Å²) in [7, 11) is 0. The second kappa shape index (κ2) is 4.88. The molecule has 1 aliphatic heterocycles. The van der Waals surface area contributed by atoms with Crippen molar-refractivity contribution in [3.63, 3.8) is 0 Å². The summed E-state index contributed by atoms with van der Waals surface area (Å²) in [6.07, 6.45) is 6.42. The first-order valence-electron chi connectivity index (χ1n) is 6.74. The number of nitrogens with zero attached hydrogens (tertiary/aromatic N) is 2. The Morgan fingerprint density at radius 1 is 1.06 bits per heavy atom. The molecule has 4 heteroatoms. The summed E-state index contributed by atoms with van der Waals surface area (Å²) in [5.41, 5.74) is 8.17. The molecule has 0 atom stereocenters. The van der Waals surface area contributed by atoms with E-state index in [0.717, 1.165) is 35.9 Å². The second-order valence-electron chi connectivity index (χ2n) is 4.98. The molecule has 2 N–H and O–H groups in total. The first-order valence-corrected chi connectivity index (χ1v) is 6.74. The van der Waals surface area contributed by atoms with E-state index in [9.17, 15) is 0 Å². The van der Waals surface area contributed by atoms with Crippen molar-refractivity contribution in [1.29, 1.82) is 0 Å². The van der Waals surface area contributed by atoms with Gasteiger partial charge in [0, 0.05) is 18.8 Å². The predicted molar refractivity (Wildman–Crippen MR) is 73.7 cm³/mol. The lowest BCUT2D eigenvalue weighted by atomic mass is 10.1. The topological polar surface area (TPSA) is 55.3 Å². The zero-order valence-corrected chi connectivity index (χ0v) is 10.6. The molecule has 0 unspecified atom stereocenters. The molecule has 0 amide bonds. The smallest absolute Gasteiger partial charge is 0.298 e. The van der Waals surface area contributed by atoms with Gasteiger partial charge in [0.15, 0.2) is 5.58 Å². The number of rotatable bonds is 1. The van der Waals surface area contributed by atoms with E-state index in [0.29, 0.717) is 0 Å². The van der Waals surface area contributed by atoms with Gasteiger partial charge in [-0.05, 0) is 31.0 Å². The van der Waals surface area contributed by atoms with Crippen molar-refractivity contribution in [3.05, 3.63) is 18.2 Å². The molecule has 3 rings (SSSR count). The summed E-state index contributed by atoms with van der Waals surface area (Å²) in [5.74, 6) is 0. The Morgan fingerprint density at radius 2 is 1.78 bits per heavy atom. The first-order chi connectivity index (χ1) is 8.83. The highest BCUT2D eigenvalue weighted by atomic mass is 16.4. The third kappa shape index (κ3) is 2.28. The second-order valence-corrected chi connectivity index (χ2v) is 4.98. The minimum atomic E-state index is 0.731. The van der Waals surface area contributed by atoms with Crippen LogP contribution in [0.15, 0.2) is 22.6 Å². The van der Waals surface area contributed by atoms with E-state index in [1.807, 2.05) is 18.2 Å². The average Bonchev–Trinajstić information content (AvgIpc) is 2.71. The molecule has 1 aromatic heterocycles. The molecule has 2 aromatic rings. The Labute approximate surface area is 107 Å². The van der Waals surface area contributed by atoms with E-state index in [1.54, 1.807) is 0 Å². The summed E-state index contributed by atoms with van der Waals surface area (Å²) in [6, 6.07) is 6.36. The van der Waals surface area contributed by atoms with Crippen LogP contribution in [0.25, 0.3) is 11.1 Å². The van der Waals surface area contributed by atoms with E-state index in [4.69, 9.17) is 10.2 Å². The molecule has 1 fully saturated rings. The minimum Gasteiger partial charge on any atom is -0.423 e. The number of fused-ring (bicyclic) bond motifs is 1. The fourth-order valence-electron chi connectivity index (χ4n) is 2.51. The standard InChI is InChI=1S/C14H19N3O/c15-11-6-7-13-12(10-11)16-14(18-13)17-8-4-2-1-3-5-9-17/h6-7,10H,1-5,8-9,15H2. The van der Waals surface area contributed by atoms with Gasteiger partial charge in [0.25, 0.3) is 6.01 Å². The van der Waals surface area contributed by atoms with Crippen molar-refractivity contribution in [2.45, 2.75) is 32.1 Å².